The average molecular weight is 440 g/mol. The Bertz CT molecular complexity index is 1200. The molecule has 8 heteroatoms. The first kappa shape index (κ1) is 20.9. The van der Waals surface area contributed by atoms with Crippen LogP contribution in [0.15, 0.2) is 77.7 Å². The summed E-state index contributed by atoms with van der Waals surface area (Å²) in [6.07, 6.45) is 1.42. The molecule has 1 N–H and O–H groups in total. The van der Waals surface area contributed by atoms with Crippen LogP contribution in [0, 0.1) is 5.82 Å². The van der Waals surface area contributed by atoms with E-state index >= 15 is 0 Å². The van der Waals surface area contributed by atoms with Gasteiger partial charge in [0, 0.05) is 25.0 Å². The van der Waals surface area contributed by atoms with Gasteiger partial charge in [0.25, 0.3) is 10.0 Å². The Morgan fingerprint density at radius 3 is 2.45 bits per heavy atom. The lowest BCUT2D eigenvalue weighted by atomic mass is 10.0. The van der Waals surface area contributed by atoms with E-state index in [1.165, 1.54) is 21.3 Å². The standard InChI is InChI=1S/C23H22FN3O3S/c1-26(20-7-3-2-4-8-20)23(28)25-19-12-9-17-6-5-15-27(22(17)16-19)31(29,30)21-13-10-18(24)11-14-21/h2-4,7-14,16H,5-6,15H2,1H3,(H,25,28). The zero-order chi connectivity index (χ0) is 22.0. The Morgan fingerprint density at radius 1 is 1.03 bits per heavy atom. The van der Waals surface area contributed by atoms with Crippen LogP contribution < -0.4 is 14.5 Å². The number of benzene rings is 3. The molecule has 3 aromatic carbocycles. The van der Waals surface area contributed by atoms with Gasteiger partial charge >= 0.3 is 6.03 Å². The molecule has 0 saturated carbocycles. The number of nitrogens with one attached hydrogen (secondary N) is 1. The Labute approximate surface area is 181 Å². The van der Waals surface area contributed by atoms with E-state index in [0.717, 1.165) is 29.8 Å². The number of sulfonamides is 1. The van der Waals surface area contributed by atoms with E-state index in [9.17, 15) is 17.6 Å². The minimum absolute atomic E-state index is 0.0278. The normalized spacial score (nSPS) is 13.4. The molecule has 0 bridgehead atoms. The molecule has 6 nitrogen and oxygen atoms in total. The van der Waals surface area contributed by atoms with Crippen LogP contribution in [0.25, 0.3) is 0 Å². The minimum Gasteiger partial charge on any atom is -0.307 e. The fourth-order valence-electron chi connectivity index (χ4n) is 3.58. The zero-order valence-electron chi connectivity index (χ0n) is 17.0. The van der Waals surface area contributed by atoms with Crippen molar-refractivity contribution in [1.82, 2.24) is 0 Å². The summed E-state index contributed by atoms with van der Waals surface area (Å²) >= 11 is 0. The van der Waals surface area contributed by atoms with E-state index in [1.807, 2.05) is 36.4 Å². The van der Waals surface area contributed by atoms with Crippen molar-refractivity contribution in [3.8, 4) is 0 Å². The number of urea groups is 1. The molecule has 0 radical (unpaired) electrons. The predicted octanol–water partition coefficient (Wildman–Crippen LogP) is 4.64. The van der Waals surface area contributed by atoms with Crippen LogP contribution in [0.5, 0.6) is 0 Å². The monoisotopic (exact) mass is 439 g/mol. The highest BCUT2D eigenvalue weighted by molar-refractivity contribution is 7.92. The Morgan fingerprint density at radius 2 is 1.74 bits per heavy atom. The minimum atomic E-state index is -3.85. The third-order valence-electron chi connectivity index (χ3n) is 5.26. The number of aryl methyl sites for hydroxylation is 1. The van der Waals surface area contributed by atoms with Gasteiger partial charge in [-0.15, -0.1) is 0 Å². The molecule has 160 valence electrons. The summed E-state index contributed by atoms with van der Waals surface area (Å²) in [6.45, 7) is 0.314. The number of anilines is 3. The smallest absolute Gasteiger partial charge is 0.307 e. The van der Waals surface area contributed by atoms with Gasteiger partial charge in [-0.25, -0.2) is 17.6 Å². The van der Waals surface area contributed by atoms with Gasteiger partial charge in [0.1, 0.15) is 5.82 Å². The third-order valence-corrected chi connectivity index (χ3v) is 7.09. The lowest BCUT2D eigenvalue weighted by Crippen LogP contribution is -2.36. The molecule has 0 unspecified atom stereocenters. The summed E-state index contributed by atoms with van der Waals surface area (Å²) in [4.78, 5) is 14.2. The van der Waals surface area contributed by atoms with Crippen LogP contribution in [-0.4, -0.2) is 28.0 Å². The molecule has 0 aromatic heterocycles. The quantitative estimate of drug-likeness (QED) is 0.644. The maximum absolute atomic E-state index is 13.3. The molecule has 2 amide bonds. The van der Waals surface area contributed by atoms with E-state index in [-0.39, 0.29) is 10.9 Å². The molecule has 4 rings (SSSR count). The van der Waals surface area contributed by atoms with Gasteiger partial charge in [-0.2, -0.15) is 0 Å². The van der Waals surface area contributed by atoms with E-state index in [1.54, 1.807) is 19.2 Å². The Balaban J connectivity index is 1.62. The number of fused-ring (bicyclic) bond motifs is 1. The van der Waals surface area contributed by atoms with Crippen molar-refractivity contribution >= 4 is 33.1 Å². The second-order valence-corrected chi connectivity index (χ2v) is 9.17. The molecule has 1 aliphatic rings. The van der Waals surface area contributed by atoms with Crippen LogP contribution in [0.1, 0.15) is 12.0 Å². The van der Waals surface area contributed by atoms with Crippen molar-refractivity contribution in [3.05, 3.63) is 84.2 Å². The van der Waals surface area contributed by atoms with Crippen LogP contribution in [0.4, 0.5) is 26.2 Å². The number of nitrogens with zero attached hydrogens (tertiary/aromatic N) is 2. The number of rotatable bonds is 4. The van der Waals surface area contributed by atoms with Crippen LogP contribution in [-0.2, 0) is 16.4 Å². The SMILES string of the molecule is CN(C(=O)Nc1ccc2c(c1)N(S(=O)(=O)c1ccc(F)cc1)CCC2)c1ccccc1. The summed E-state index contributed by atoms with van der Waals surface area (Å²) in [5, 5.41) is 2.83. The lowest BCUT2D eigenvalue weighted by molar-refractivity contribution is 0.258. The summed E-state index contributed by atoms with van der Waals surface area (Å²) in [7, 11) is -2.19. The molecule has 0 aliphatic carbocycles. The molecule has 0 saturated heterocycles. The number of amides is 2. The molecule has 1 heterocycles. The molecular formula is C23H22FN3O3S. The van der Waals surface area contributed by atoms with Gasteiger partial charge in [0.2, 0.25) is 0 Å². The van der Waals surface area contributed by atoms with Gasteiger partial charge < -0.3 is 5.32 Å². The van der Waals surface area contributed by atoms with Crippen molar-refractivity contribution in [3.63, 3.8) is 0 Å². The number of carbonyl (C=O) groups is 1. The maximum Gasteiger partial charge on any atom is 0.326 e. The second-order valence-electron chi connectivity index (χ2n) is 7.30. The van der Waals surface area contributed by atoms with Gasteiger partial charge in [0.15, 0.2) is 0 Å². The van der Waals surface area contributed by atoms with E-state index in [4.69, 9.17) is 0 Å². The molecule has 3 aromatic rings. The number of carbonyl (C=O) groups excluding carboxylic acids is 1. The maximum atomic E-state index is 13.3. The Kier molecular flexibility index (Phi) is 5.65. The Hall–Kier alpha value is -3.39. The van der Waals surface area contributed by atoms with Crippen LogP contribution >= 0.6 is 0 Å². The van der Waals surface area contributed by atoms with Gasteiger partial charge in [-0.05, 0) is 66.9 Å². The van der Waals surface area contributed by atoms with Crippen molar-refractivity contribution < 1.29 is 17.6 Å². The highest BCUT2D eigenvalue weighted by atomic mass is 32.2. The highest BCUT2D eigenvalue weighted by Gasteiger charge is 2.29. The van der Waals surface area contributed by atoms with Gasteiger partial charge in [-0.3, -0.25) is 9.21 Å². The molecule has 0 atom stereocenters. The fourth-order valence-corrected chi connectivity index (χ4v) is 5.11. The summed E-state index contributed by atoms with van der Waals surface area (Å²) in [6, 6.07) is 18.9. The first-order chi connectivity index (χ1) is 14.9. The largest absolute Gasteiger partial charge is 0.326 e. The highest BCUT2D eigenvalue weighted by Crippen LogP contribution is 2.34. The van der Waals surface area contributed by atoms with Crippen molar-refractivity contribution in [2.24, 2.45) is 0 Å². The number of halogens is 1. The van der Waals surface area contributed by atoms with Crippen LogP contribution in [0.3, 0.4) is 0 Å². The predicted molar refractivity (Wildman–Crippen MR) is 120 cm³/mol. The first-order valence-corrected chi connectivity index (χ1v) is 11.3. The van der Waals surface area contributed by atoms with Crippen molar-refractivity contribution in [2.75, 3.05) is 28.1 Å². The molecule has 31 heavy (non-hydrogen) atoms. The zero-order valence-corrected chi connectivity index (χ0v) is 17.8. The topological polar surface area (TPSA) is 69.7 Å². The van der Waals surface area contributed by atoms with Crippen molar-refractivity contribution in [1.29, 1.82) is 0 Å². The second kappa shape index (κ2) is 8.39. The third kappa shape index (κ3) is 4.25. The summed E-state index contributed by atoms with van der Waals surface area (Å²) in [5.41, 5.74) is 2.63. The number of para-hydroxylation sites is 1. The van der Waals surface area contributed by atoms with E-state index in [0.29, 0.717) is 24.3 Å². The van der Waals surface area contributed by atoms with Gasteiger partial charge in [-0.1, -0.05) is 24.3 Å². The summed E-state index contributed by atoms with van der Waals surface area (Å²) < 4.78 is 41.0. The van der Waals surface area contributed by atoms with E-state index < -0.39 is 15.8 Å². The first-order valence-electron chi connectivity index (χ1n) is 9.87. The van der Waals surface area contributed by atoms with E-state index in [2.05, 4.69) is 5.32 Å². The van der Waals surface area contributed by atoms with Crippen molar-refractivity contribution in [2.45, 2.75) is 17.7 Å². The van der Waals surface area contributed by atoms with Gasteiger partial charge in [0.05, 0.1) is 10.6 Å². The molecular weight excluding hydrogens is 417 g/mol. The number of hydrogen-bond donors (Lipinski definition) is 1. The molecule has 0 spiro atoms. The fraction of sp³-hybridized carbons (Fsp3) is 0.174. The average Bonchev–Trinajstić information content (AvgIpc) is 2.79. The number of hydrogen-bond acceptors (Lipinski definition) is 3. The molecule has 0 fully saturated rings. The van der Waals surface area contributed by atoms with Crippen LogP contribution in [0.2, 0.25) is 0 Å². The lowest BCUT2D eigenvalue weighted by Gasteiger charge is -2.31. The molecule has 1 aliphatic heterocycles. The summed E-state index contributed by atoms with van der Waals surface area (Å²) in [5.74, 6) is -0.495.